The van der Waals surface area contributed by atoms with Crippen molar-refractivity contribution in [1.82, 2.24) is 14.5 Å². The number of rotatable bonds is 5. The summed E-state index contributed by atoms with van der Waals surface area (Å²) in [6.45, 7) is 4.07. The number of carbonyl (C=O) groups excluding carboxylic acids is 1. The van der Waals surface area contributed by atoms with Gasteiger partial charge < -0.3 is 15.2 Å². The molecule has 1 saturated carbocycles. The molecule has 0 aliphatic heterocycles. The highest BCUT2D eigenvalue weighted by Crippen LogP contribution is 2.23. The van der Waals surface area contributed by atoms with Crippen molar-refractivity contribution in [2.45, 2.75) is 51.6 Å². The Morgan fingerprint density at radius 1 is 1.47 bits per heavy atom. The fourth-order valence-corrected chi connectivity index (χ4v) is 2.85. The molecule has 106 valence electrons. The maximum absolute atomic E-state index is 12.5. The zero-order chi connectivity index (χ0) is 13.7. The number of hydrogen-bond acceptors (Lipinski definition) is 3. The van der Waals surface area contributed by atoms with Crippen molar-refractivity contribution < 1.29 is 4.79 Å². The lowest BCUT2D eigenvalue weighted by Crippen LogP contribution is -2.41. The van der Waals surface area contributed by atoms with E-state index in [4.69, 9.17) is 5.73 Å². The Morgan fingerprint density at radius 3 is 2.84 bits per heavy atom. The normalized spacial score (nSPS) is 16.5. The summed E-state index contributed by atoms with van der Waals surface area (Å²) in [6, 6.07) is 0.394. The Morgan fingerprint density at radius 2 is 2.21 bits per heavy atom. The van der Waals surface area contributed by atoms with Crippen molar-refractivity contribution in [2.75, 3.05) is 13.1 Å². The smallest absolute Gasteiger partial charge is 0.274 e. The van der Waals surface area contributed by atoms with Crippen molar-refractivity contribution in [3.05, 3.63) is 18.2 Å². The fraction of sp³-hybridized carbons (Fsp3) is 0.714. The SMILES string of the molecule is CCN(C(=O)c1cn(CCN)cn1)C1CCCCC1. The molecule has 1 heterocycles. The first-order chi connectivity index (χ1) is 9.26. The minimum atomic E-state index is 0.0603. The molecule has 5 heteroatoms. The highest BCUT2D eigenvalue weighted by atomic mass is 16.2. The Labute approximate surface area is 114 Å². The first kappa shape index (κ1) is 14.1. The number of nitrogens with zero attached hydrogens (tertiary/aromatic N) is 3. The lowest BCUT2D eigenvalue weighted by atomic mass is 9.94. The zero-order valence-corrected chi connectivity index (χ0v) is 11.7. The van der Waals surface area contributed by atoms with E-state index >= 15 is 0 Å². The van der Waals surface area contributed by atoms with E-state index in [9.17, 15) is 4.79 Å². The van der Waals surface area contributed by atoms with Gasteiger partial charge in [-0.15, -0.1) is 0 Å². The molecule has 0 aromatic carbocycles. The monoisotopic (exact) mass is 264 g/mol. The summed E-state index contributed by atoms with van der Waals surface area (Å²) < 4.78 is 1.88. The van der Waals surface area contributed by atoms with Crippen LogP contribution < -0.4 is 5.73 Å². The number of aromatic nitrogens is 2. The summed E-state index contributed by atoms with van der Waals surface area (Å²) >= 11 is 0. The van der Waals surface area contributed by atoms with Gasteiger partial charge >= 0.3 is 0 Å². The molecule has 2 N–H and O–H groups in total. The molecule has 1 aromatic heterocycles. The summed E-state index contributed by atoms with van der Waals surface area (Å²) in [7, 11) is 0. The van der Waals surface area contributed by atoms with E-state index in [0.717, 1.165) is 19.4 Å². The maximum atomic E-state index is 12.5. The van der Waals surface area contributed by atoms with Gasteiger partial charge in [0.2, 0.25) is 0 Å². The highest BCUT2D eigenvalue weighted by Gasteiger charge is 2.26. The Bertz CT molecular complexity index is 409. The number of imidazole rings is 1. The minimum absolute atomic E-state index is 0.0603. The molecule has 19 heavy (non-hydrogen) atoms. The summed E-state index contributed by atoms with van der Waals surface area (Å²) in [5.41, 5.74) is 6.05. The van der Waals surface area contributed by atoms with Crippen LogP contribution in [-0.4, -0.2) is 39.5 Å². The van der Waals surface area contributed by atoms with Crippen LogP contribution in [0.15, 0.2) is 12.5 Å². The lowest BCUT2D eigenvalue weighted by Gasteiger charge is -2.33. The summed E-state index contributed by atoms with van der Waals surface area (Å²) in [5, 5.41) is 0. The van der Waals surface area contributed by atoms with Crippen LogP contribution in [0.4, 0.5) is 0 Å². The van der Waals surface area contributed by atoms with Crippen LogP contribution in [0, 0.1) is 0 Å². The van der Waals surface area contributed by atoms with E-state index in [2.05, 4.69) is 4.98 Å². The Kier molecular flexibility index (Phi) is 4.96. The molecule has 1 aliphatic carbocycles. The molecule has 0 saturated heterocycles. The molecular weight excluding hydrogens is 240 g/mol. The van der Waals surface area contributed by atoms with Gasteiger partial charge in [0.15, 0.2) is 0 Å². The molecule has 0 bridgehead atoms. The second kappa shape index (κ2) is 6.70. The van der Waals surface area contributed by atoms with E-state index in [1.54, 1.807) is 12.5 Å². The van der Waals surface area contributed by atoms with Gasteiger partial charge in [-0.3, -0.25) is 4.79 Å². The first-order valence-corrected chi connectivity index (χ1v) is 7.29. The molecule has 2 rings (SSSR count). The van der Waals surface area contributed by atoms with Crippen molar-refractivity contribution in [1.29, 1.82) is 0 Å². The number of amides is 1. The average Bonchev–Trinajstić information content (AvgIpc) is 2.90. The molecule has 0 radical (unpaired) electrons. The lowest BCUT2D eigenvalue weighted by molar-refractivity contribution is 0.0642. The molecule has 1 amide bonds. The third-order valence-corrected chi connectivity index (χ3v) is 3.86. The zero-order valence-electron chi connectivity index (χ0n) is 11.7. The second-order valence-corrected chi connectivity index (χ2v) is 5.17. The maximum Gasteiger partial charge on any atom is 0.274 e. The first-order valence-electron chi connectivity index (χ1n) is 7.29. The van der Waals surface area contributed by atoms with Crippen molar-refractivity contribution in [3.8, 4) is 0 Å². The van der Waals surface area contributed by atoms with E-state index < -0.39 is 0 Å². The standard InChI is InChI=1S/C14H24N4O/c1-2-18(12-6-4-3-5-7-12)14(19)13-10-17(9-8-15)11-16-13/h10-12H,2-9,15H2,1H3. The van der Waals surface area contributed by atoms with Crippen molar-refractivity contribution >= 4 is 5.91 Å². The largest absolute Gasteiger partial charge is 0.335 e. The van der Waals surface area contributed by atoms with Crippen LogP contribution in [-0.2, 0) is 6.54 Å². The average molecular weight is 264 g/mol. The van der Waals surface area contributed by atoms with Gasteiger partial charge in [0.1, 0.15) is 5.69 Å². The Hall–Kier alpha value is -1.36. The third-order valence-electron chi connectivity index (χ3n) is 3.86. The number of nitrogens with two attached hydrogens (primary N) is 1. The predicted octanol–water partition coefficient (Wildman–Crippen LogP) is 1.64. The summed E-state index contributed by atoms with van der Waals surface area (Å²) in [6.07, 6.45) is 9.52. The third kappa shape index (κ3) is 3.35. The van der Waals surface area contributed by atoms with Crippen LogP contribution in [0.2, 0.25) is 0 Å². The molecule has 5 nitrogen and oxygen atoms in total. The van der Waals surface area contributed by atoms with Crippen LogP contribution in [0.5, 0.6) is 0 Å². The summed E-state index contributed by atoms with van der Waals surface area (Å²) in [5.74, 6) is 0.0603. The quantitative estimate of drug-likeness (QED) is 0.879. The molecule has 0 spiro atoms. The second-order valence-electron chi connectivity index (χ2n) is 5.17. The molecular formula is C14H24N4O. The van der Waals surface area contributed by atoms with Crippen LogP contribution in [0.1, 0.15) is 49.5 Å². The van der Waals surface area contributed by atoms with Crippen LogP contribution in [0.3, 0.4) is 0 Å². The van der Waals surface area contributed by atoms with E-state index in [1.165, 1.54) is 19.3 Å². The fourth-order valence-electron chi connectivity index (χ4n) is 2.85. The minimum Gasteiger partial charge on any atom is -0.335 e. The molecule has 0 unspecified atom stereocenters. The van der Waals surface area contributed by atoms with Gasteiger partial charge in [-0.2, -0.15) is 0 Å². The molecule has 1 fully saturated rings. The van der Waals surface area contributed by atoms with Crippen LogP contribution in [0.25, 0.3) is 0 Å². The van der Waals surface area contributed by atoms with Gasteiger partial charge in [-0.05, 0) is 19.8 Å². The van der Waals surface area contributed by atoms with Crippen molar-refractivity contribution in [2.24, 2.45) is 5.73 Å². The Balaban J connectivity index is 2.05. The van der Waals surface area contributed by atoms with Gasteiger partial charge in [0.05, 0.1) is 6.33 Å². The molecule has 1 aromatic rings. The summed E-state index contributed by atoms with van der Waals surface area (Å²) in [4.78, 5) is 18.7. The van der Waals surface area contributed by atoms with E-state index in [0.29, 0.717) is 24.8 Å². The number of carbonyl (C=O) groups is 1. The molecule has 0 atom stereocenters. The number of hydrogen-bond donors (Lipinski definition) is 1. The topological polar surface area (TPSA) is 64.2 Å². The van der Waals surface area contributed by atoms with Gasteiger partial charge in [0, 0.05) is 31.9 Å². The molecule has 1 aliphatic rings. The van der Waals surface area contributed by atoms with E-state index in [1.807, 2.05) is 16.4 Å². The van der Waals surface area contributed by atoms with Gasteiger partial charge in [0.25, 0.3) is 5.91 Å². The predicted molar refractivity (Wildman–Crippen MR) is 74.9 cm³/mol. The highest BCUT2D eigenvalue weighted by molar-refractivity contribution is 5.92. The van der Waals surface area contributed by atoms with Crippen LogP contribution >= 0.6 is 0 Å². The van der Waals surface area contributed by atoms with Crippen molar-refractivity contribution in [3.63, 3.8) is 0 Å². The van der Waals surface area contributed by atoms with E-state index in [-0.39, 0.29) is 5.91 Å². The van der Waals surface area contributed by atoms with Gasteiger partial charge in [-0.25, -0.2) is 4.98 Å². The van der Waals surface area contributed by atoms with Gasteiger partial charge in [-0.1, -0.05) is 19.3 Å².